The molecule has 0 spiro atoms. The zero-order valence-corrected chi connectivity index (χ0v) is 53.5. The van der Waals surface area contributed by atoms with Gasteiger partial charge in [-0.2, -0.15) is 0 Å². The fraction of sp³-hybridized carbons (Fsp3) is 0.897. The number of ether oxygens (including phenoxy) is 3. The zero-order valence-electron chi connectivity index (χ0n) is 52.6. The molecule has 80 heavy (non-hydrogen) atoms. The van der Waals surface area contributed by atoms with Gasteiger partial charge in [-0.15, -0.1) is 0 Å². The molecule has 0 radical (unpaired) electrons. The Morgan fingerprint density at radius 2 is 0.575 bits per heavy atom. The Kier molecular flexibility index (Phi) is 61.4. The van der Waals surface area contributed by atoms with E-state index in [-0.39, 0.29) is 25.9 Å². The van der Waals surface area contributed by atoms with Gasteiger partial charge in [-0.25, -0.2) is 4.57 Å². The monoisotopic (exact) mass is 1150 g/mol. The fourth-order valence-electron chi connectivity index (χ4n) is 10.1. The second kappa shape index (κ2) is 63.0. The highest BCUT2D eigenvalue weighted by Crippen LogP contribution is 2.43. The lowest BCUT2D eigenvalue weighted by atomic mass is 10.0. The first-order valence-electron chi connectivity index (χ1n) is 34.2. The van der Waals surface area contributed by atoms with Crippen molar-refractivity contribution in [3.8, 4) is 0 Å². The SMILES string of the molecule is CCCCCCCC/C=C\CCCCCCCCCCCC(=O)OC(CO)COP(=O)(O)OCC(COC(=O)CCCCCCCCCCCCCCCCC)OC(=O)CCCCCCCCCCC/C=C\CCCCCCCC. The molecular formula is C68H129O11P. The van der Waals surface area contributed by atoms with Crippen molar-refractivity contribution in [2.75, 3.05) is 26.4 Å². The maximum Gasteiger partial charge on any atom is 0.472 e. The molecule has 0 amide bonds. The highest BCUT2D eigenvalue weighted by molar-refractivity contribution is 7.47. The summed E-state index contributed by atoms with van der Waals surface area (Å²) in [5.74, 6) is -1.43. The van der Waals surface area contributed by atoms with Crippen molar-refractivity contribution in [2.45, 2.75) is 367 Å². The number of phosphoric acid groups is 1. The van der Waals surface area contributed by atoms with Crippen LogP contribution in [0.15, 0.2) is 24.3 Å². The quantitative estimate of drug-likeness (QED) is 0.0197. The second-order valence-corrected chi connectivity index (χ2v) is 24.8. The number of allylic oxidation sites excluding steroid dienone is 4. The van der Waals surface area contributed by atoms with Gasteiger partial charge in [0.25, 0.3) is 0 Å². The third-order valence-corrected chi connectivity index (χ3v) is 16.3. The fourth-order valence-corrected chi connectivity index (χ4v) is 10.9. The highest BCUT2D eigenvalue weighted by Gasteiger charge is 2.28. The normalized spacial score (nSPS) is 13.3. The summed E-state index contributed by atoms with van der Waals surface area (Å²) >= 11 is 0. The number of hydrogen-bond donors (Lipinski definition) is 2. The number of aliphatic hydroxyl groups excluding tert-OH is 1. The van der Waals surface area contributed by atoms with Gasteiger partial charge in [0.05, 0.1) is 19.8 Å². The van der Waals surface area contributed by atoms with Gasteiger partial charge in [0, 0.05) is 19.3 Å². The number of carbonyl (C=O) groups excluding carboxylic acids is 3. The number of rotatable bonds is 65. The van der Waals surface area contributed by atoms with Gasteiger partial charge in [0.1, 0.15) is 12.7 Å². The summed E-state index contributed by atoms with van der Waals surface area (Å²) in [6.45, 7) is 4.73. The Balaban J connectivity index is 4.61. The lowest BCUT2D eigenvalue weighted by Crippen LogP contribution is -2.30. The van der Waals surface area contributed by atoms with Crippen LogP contribution in [0.1, 0.15) is 355 Å². The van der Waals surface area contributed by atoms with Crippen molar-refractivity contribution in [3.05, 3.63) is 24.3 Å². The Morgan fingerprint density at radius 3 is 0.863 bits per heavy atom. The van der Waals surface area contributed by atoms with E-state index >= 15 is 0 Å². The van der Waals surface area contributed by atoms with Gasteiger partial charge in [0.2, 0.25) is 0 Å². The summed E-state index contributed by atoms with van der Waals surface area (Å²) in [4.78, 5) is 48.8. The summed E-state index contributed by atoms with van der Waals surface area (Å²) in [7, 11) is -4.75. The molecule has 2 N–H and O–H groups in total. The van der Waals surface area contributed by atoms with E-state index in [1.54, 1.807) is 0 Å². The Labute approximate surface area is 493 Å². The summed E-state index contributed by atoms with van der Waals surface area (Å²) < 4.78 is 39.8. The van der Waals surface area contributed by atoms with E-state index < -0.39 is 57.8 Å². The molecule has 3 unspecified atom stereocenters. The van der Waals surface area contributed by atoms with E-state index in [1.807, 2.05) is 0 Å². The lowest BCUT2D eigenvalue weighted by molar-refractivity contribution is -0.161. The van der Waals surface area contributed by atoms with Gasteiger partial charge < -0.3 is 24.2 Å². The van der Waals surface area contributed by atoms with Crippen LogP contribution in [0.5, 0.6) is 0 Å². The molecule has 0 saturated carbocycles. The Bertz CT molecular complexity index is 1440. The second-order valence-electron chi connectivity index (χ2n) is 23.3. The Morgan fingerprint density at radius 1 is 0.338 bits per heavy atom. The predicted octanol–water partition coefficient (Wildman–Crippen LogP) is 20.9. The molecule has 0 aliphatic carbocycles. The molecule has 11 nitrogen and oxygen atoms in total. The summed E-state index contributed by atoms with van der Waals surface area (Å²) in [5.41, 5.74) is 0. The van der Waals surface area contributed by atoms with Crippen LogP contribution in [0.3, 0.4) is 0 Å². The predicted molar refractivity (Wildman–Crippen MR) is 335 cm³/mol. The van der Waals surface area contributed by atoms with Crippen LogP contribution in [0, 0.1) is 0 Å². The van der Waals surface area contributed by atoms with Crippen molar-refractivity contribution < 1.29 is 52.2 Å². The molecule has 0 aromatic carbocycles. The van der Waals surface area contributed by atoms with E-state index in [0.29, 0.717) is 19.3 Å². The van der Waals surface area contributed by atoms with E-state index in [0.717, 1.165) is 57.8 Å². The molecule has 0 heterocycles. The number of hydrogen-bond acceptors (Lipinski definition) is 10. The first-order chi connectivity index (χ1) is 39.2. The number of esters is 3. The smallest absolute Gasteiger partial charge is 0.462 e. The molecule has 3 atom stereocenters. The van der Waals surface area contributed by atoms with Crippen molar-refractivity contribution in [2.24, 2.45) is 0 Å². The number of carbonyl (C=O) groups is 3. The third-order valence-electron chi connectivity index (χ3n) is 15.3. The summed E-state index contributed by atoms with van der Waals surface area (Å²) in [6.07, 6.45) is 66.9. The first kappa shape index (κ1) is 78.0. The molecule has 0 aromatic heterocycles. The van der Waals surface area contributed by atoms with Crippen LogP contribution in [0.25, 0.3) is 0 Å². The molecule has 12 heteroatoms. The average Bonchev–Trinajstić information content (AvgIpc) is 3.45. The average molecular weight is 1150 g/mol. The highest BCUT2D eigenvalue weighted by atomic mass is 31.2. The molecule has 0 aromatic rings. The van der Waals surface area contributed by atoms with Crippen LogP contribution >= 0.6 is 7.82 Å². The number of aliphatic hydroxyl groups is 1. The van der Waals surface area contributed by atoms with Gasteiger partial charge in [-0.05, 0) is 70.6 Å². The number of unbranched alkanes of at least 4 members (excludes halogenated alkanes) is 44. The summed E-state index contributed by atoms with van der Waals surface area (Å²) in [5, 5.41) is 9.87. The largest absolute Gasteiger partial charge is 0.472 e. The van der Waals surface area contributed by atoms with Crippen LogP contribution in [-0.4, -0.2) is 66.5 Å². The molecule has 0 aliphatic rings. The summed E-state index contributed by atoms with van der Waals surface area (Å²) in [6, 6.07) is 0. The zero-order chi connectivity index (χ0) is 58.3. The third kappa shape index (κ3) is 60.5. The number of phosphoric ester groups is 1. The van der Waals surface area contributed by atoms with Crippen molar-refractivity contribution in [1.29, 1.82) is 0 Å². The lowest BCUT2D eigenvalue weighted by Gasteiger charge is -2.21. The molecular weight excluding hydrogens is 1020 g/mol. The molecule has 0 rings (SSSR count). The molecule has 0 saturated heterocycles. The van der Waals surface area contributed by atoms with Crippen LogP contribution < -0.4 is 0 Å². The topological polar surface area (TPSA) is 155 Å². The van der Waals surface area contributed by atoms with Gasteiger partial charge >= 0.3 is 25.7 Å². The van der Waals surface area contributed by atoms with E-state index in [2.05, 4.69) is 45.1 Å². The maximum absolute atomic E-state index is 13.0. The first-order valence-corrected chi connectivity index (χ1v) is 35.7. The maximum atomic E-state index is 13.0. The minimum atomic E-state index is -4.75. The van der Waals surface area contributed by atoms with Crippen LogP contribution in [0.4, 0.5) is 0 Å². The molecule has 472 valence electrons. The molecule has 0 fully saturated rings. The van der Waals surface area contributed by atoms with E-state index in [9.17, 15) is 28.9 Å². The minimum absolute atomic E-state index is 0.171. The van der Waals surface area contributed by atoms with Crippen LogP contribution in [0.2, 0.25) is 0 Å². The molecule has 0 bridgehead atoms. The standard InChI is InChI=1S/C68H129O11P/c1-4-7-10-13-16-19-22-25-28-30-32-34-37-40-43-46-49-52-55-58-67(71)78-64(60-69)62-76-80(73,74)77-63-65(61-75-66(70)57-54-51-48-45-42-39-36-27-24-21-18-15-12-9-6-3)79-68(72)59-56-53-50-47-44-41-38-35-33-31-29-26-23-20-17-14-11-8-5-2/h25-26,28-29,64-65,69H,4-24,27,30-63H2,1-3H3,(H,73,74)/b28-25-,29-26-. The van der Waals surface area contributed by atoms with Crippen molar-refractivity contribution in [1.82, 2.24) is 0 Å². The van der Waals surface area contributed by atoms with Gasteiger partial charge in [-0.3, -0.25) is 23.4 Å². The Hall–Kier alpha value is -2.04. The minimum Gasteiger partial charge on any atom is -0.462 e. The molecule has 0 aliphatic heterocycles. The van der Waals surface area contributed by atoms with Crippen molar-refractivity contribution >= 4 is 25.7 Å². The van der Waals surface area contributed by atoms with E-state index in [1.165, 1.54) is 238 Å². The van der Waals surface area contributed by atoms with Crippen LogP contribution in [-0.2, 0) is 42.2 Å². The van der Waals surface area contributed by atoms with Gasteiger partial charge in [-0.1, -0.05) is 289 Å². The van der Waals surface area contributed by atoms with E-state index in [4.69, 9.17) is 23.3 Å². The van der Waals surface area contributed by atoms with Crippen molar-refractivity contribution in [3.63, 3.8) is 0 Å². The van der Waals surface area contributed by atoms with Gasteiger partial charge in [0.15, 0.2) is 6.10 Å².